The Bertz CT molecular complexity index is 294. The molecule has 13 heavy (non-hydrogen) atoms. The van der Waals surface area contributed by atoms with Crippen molar-refractivity contribution in [2.45, 2.75) is 25.2 Å². The fourth-order valence-electron chi connectivity index (χ4n) is 1.36. The minimum Gasteiger partial charge on any atom is -0.396 e. The summed E-state index contributed by atoms with van der Waals surface area (Å²) in [4.78, 5) is 1.29. The van der Waals surface area contributed by atoms with Gasteiger partial charge in [0.25, 0.3) is 0 Å². The first-order chi connectivity index (χ1) is 6.19. The van der Waals surface area contributed by atoms with Crippen molar-refractivity contribution < 1.29 is 5.11 Å². The highest BCUT2D eigenvalue weighted by molar-refractivity contribution is 7.98. The van der Waals surface area contributed by atoms with Gasteiger partial charge in [0.2, 0.25) is 0 Å². The quantitative estimate of drug-likeness (QED) is 0.750. The predicted octanol–water partition coefficient (Wildman–Crippen LogP) is 2.56. The third-order valence-corrected chi connectivity index (χ3v) is 3.10. The van der Waals surface area contributed by atoms with Crippen molar-refractivity contribution in [3.63, 3.8) is 0 Å². The van der Waals surface area contributed by atoms with Gasteiger partial charge in [-0.1, -0.05) is 6.07 Å². The maximum Gasteiger partial charge on any atom is 0.0471 e. The lowest BCUT2D eigenvalue weighted by molar-refractivity contribution is 0.299. The van der Waals surface area contributed by atoms with Crippen molar-refractivity contribution >= 4 is 11.8 Å². The van der Waals surface area contributed by atoms with E-state index in [1.165, 1.54) is 21.6 Å². The van der Waals surface area contributed by atoms with E-state index >= 15 is 0 Å². The molecule has 0 saturated carbocycles. The molecular formula is C11H16OS. The number of aliphatic hydroxyl groups is 1. The van der Waals surface area contributed by atoms with E-state index in [-0.39, 0.29) is 6.61 Å². The Balaban J connectivity index is 3.09. The molecule has 0 aliphatic heterocycles. The Morgan fingerprint density at radius 1 is 1.23 bits per heavy atom. The zero-order valence-corrected chi connectivity index (χ0v) is 9.24. The van der Waals surface area contributed by atoms with E-state index < -0.39 is 0 Å². The molecular weight excluding hydrogens is 180 g/mol. The molecule has 2 heteroatoms. The molecule has 1 N–H and O–H groups in total. The fraction of sp³-hybridized carbons (Fsp3) is 0.455. The Morgan fingerprint density at radius 3 is 2.38 bits per heavy atom. The van der Waals surface area contributed by atoms with E-state index in [9.17, 15) is 0 Å². The predicted molar refractivity (Wildman–Crippen MR) is 58.5 cm³/mol. The molecule has 0 aliphatic carbocycles. The minimum absolute atomic E-state index is 0.232. The highest BCUT2D eigenvalue weighted by Crippen LogP contribution is 2.24. The van der Waals surface area contributed by atoms with Gasteiger partial charge in [0.1, 0.15) is 0 Å². The summed E-state index contributed by atoms with van der Waals surface area (Å²) in [6.07, 6.45) is 2.84. The topological polar surface area (TPSA) is 20.2 Å². The van der Waals surface area contributed by atoms with Crippen LogP contribution in [0, 0.1) is 13.8 Å². The van der Waals surface area contributed by atoms with Crippen molar-refractivity contribution in [1.29, 1.82) is 0 Å². The van der Waals surface area contributed by atoms with Gasteiger partial charge >= 0.3 is 0 Å². The van der Waals surface area contributed by atoms with E-state index in [1.807, 2.05) is 0 Å². The first-order valence-electron chi connectivity index (χ1n) is 4.44. The molecule has 0 aliphatic rings. The Kier molecular flexibility index (Phi) is 3.82. The number of hydrogen-bond donors (Lipinski definition) is 1. The van der Waals surface area contributed by atoms with Crippen LogP contribution in [0.2, 0.25) is 0 Å². The van der Waals surface area contributed by atoms with Gasteiger partial charge in [-0.25, -0.2) is 0 Å². The number of benzene rings is 1. The second kappa shape index (κ2) is 4.68. The van der Waals surface area contributed by atoms with E-state index in [2.05, 4.69) is 32.2 Å². The smallest absolute Gasteiger partial charge is 0.0471 e. The molecule has 0 heterocycles. The highest BCUT2D eigenvalue weighted by Gasteiger charge is 2.03. The summed E-state index contributed by atoms with van der Waals surface area (Å²) in [6.45, 7) is 4.47. The monoisotopic (exact) mass is 196 g/mol. The maximum absolute atomic E-state index is 8.89. The van der Waals surface area contributed by atoms with Crippen LogP contribution in [-0.2, 0) is 6.42 Å². The summed E-state index contributed by atoms with van der Waals surface area (Å²) >= 11 is 1.75. The lowest BCUT2D eigenvalue weighted by atomic mass is 10.0. The average Bonchev–Trinajstić information content (AvgIpc) is 2.11. The molecule has 0 amide bonds. The molecule has 0 spiro atoms. The molecule has 1 aromatic rings. The molecule has 0 unspecified atom stereocenters. The molecule has 0 bridgehead atoms. The summed E-state index contributed by atoms with van der Waals surface area (Å²) in [5, 5.41) is 8.89. The van der Waals surface area contributed by atoms with Crippen LogP contribution < -0.4 is 0 Å². The van der Waals surface area contributed by atoms with Gasteiger partial charge in [0, 0.05) is 11.5 Å². The van der Waals surface area contributed by atoms with Crippen molar-refractivity contribution in [2.24, 2.45) is 0 Å². The number of rotatable bonds is 3. The summed E-state index contributed by atoms with van der Waals surface area (Å²) in [5.74, 6) is 0. The van der Waals surface area contributed by atoms with Crippen LogP contribution in [0.4, 0.5) is 0 Å². The molecule has 1 rings (SSSR count). The van der Waals surface area contributed by atoms with Crippen LogP contribution in [0.15, 0.2) is 17.0 Å². The third kappa shape index (κ3) is 2.48. The molecule has 1 nitrogen and oxygen atoms in total. The second-order valence-corrected chi connectivity index (χ2v) is 4.07. The zero-order chi connectivity index (χ0) is 9.84. The first-order valence-corrected chi connectivity index (χ1v) is 5.66. The molecule has 0 aromatic heterocycles. The number of aryl methyl sites for hydroxylation is 2. The summed E-state index contributed by atoms with van der Waals surface area (Å²) < 4.78 is 0. The fourth-order valence-corrected chi connectivity index (χ4v) is 2.07. The van der Waals surface area contributed by atoms with Crippen molar-refractivity contribution in [3.8, 4) is 0 Å². The van der Waals surface area contributed by atoms with Gasteiger partial charge in [-0.15, -0.1) is 11.8 Å². The van der Waals surface area contributed by atoms with Crippen LogP contribution in [-0.4, -0.2) is 18.0 Å². The van der Waals surface area contributed by atoms with Crippen LogP contribution >= 0.6 is 11.8 Å². The molecule has 0 fully saturated rings. The molecule has 1 aromatic carbocycles. The van der Waals surface area contributed by atoms with E-state index in [0.717, 1.165) is 6.42 Å². The zero-order valence-electron chi connectivity index (χ0n) is 8.42. The third-order valence-electron chi connectivity index (χ3n) is 2.28. The number of aliphatic hydroxyl groups excluding tert-OH is 1. The Hall–Kier alpha value is -0.470. The number of thioether (sulfide) groups is 1. The lowest BCUT2D eigenvalue weighted by Crippen LogP contribution is -1.95. The Labute approximate surface area is 84.2 Å². The van der Waals surface area contributed by atoms with Gasteiger partial charge in [-0.3, -0.25) is 0 Å². The normalized spacial score (nSPS) is 10.5. The first kappa shape index (κ1) is 10.6. The maximum atomic E-state index is 8.89. The van der Waals surface area contributed by atoms with Crippen LogP contribution in [0.1, 0.15) is 16.7 Å². The molecule has 0 saturated heterocycles. The van der Waals surface area contributed by atoms with Gasteiger partial charge in [0.05, 0.1) is 0 Å². The standard InChI is InChI=1S/C11H16OS/c1-8-6-10(4-5-12)11(13-3)7-9(8)2/h6-7,12H,4-5H2,1-3H3. The average molecular weight is 196 g/mol. The van der Waals surface area contributed by atoms with Crippen molar-refractivity contribution in [2.75, 3.05) is 12.9 Å². The van der Waals surface area contributed by atoms with Crippen molar-refractivity contribution in [3.05, 3.63) is 28.8 Å². The largest absolute Gasteiger partial charge is 0.396 e. The second-order valence-electron chi connectivity index (χ2n) is 3.22. The van der Waals surface area contributed by atoms with Gasteiger partial charge in [0.15, 0.2) is 0 Å². The van der Waals surface area contributed by atoms with Crippen LogP contribution in [0.25, 0.3) is 0 Å². The van der Waals surface area contributed by atoms with Gasteiger partial charge < -0.3 is 5.11 Å². The summed E-state index contributed by atoms with van der Waals surface area (Å²) in [6, 6.07) is 4.38. The van der Waals surface area contributed by atoms with Crippen LogP contribution in [0.3, 0.4) is 0 Å². The minimum atomic E-state index is 0.232. The molecule has 0 atom stereocenters. The molecule has 0 radical (unpaired) electrons. The van der Waals surface area contributed by atoms with Gasteiger partial charge in [-0.05, 0) is 49.3 Å². The van der Waals surface area contributed by atoms with Crippen LogP contribution in [0.5, 0.6) is 0 Å². The van der Waals surface area contributed by atoms with E-state index in [1.54, 1.807) is 11.8 Å². The highest BCUT2D eigenvalue weighted by atomic mass is 32.2. The van der Waals surface area contributed by atoms with E-state index in [4.69, 9.17) is 5.11 Å². The lowest BCUT2D eigenvalue weighted by Gasteiger charge is -2.09. The summed E-state index contributed by atoms with van der Waals surface area (Å²) in [5.41, 5.74) is 3.89. The number of hydrogen-bond acceptors (Lipinski definition) is 2. The van der Waals surface area contributed by atoms with E-state index in [0.29, 0.717) is 0 Å². The SMILES string of the molecule is CSc1cc(C)c(C)cc1CCO. The van der Waals surface area contributed by atoms with Gasteiger partial charge in [-0.2, -0.15) is 0 Å². The summed E-state index contributed by atoms with van der Waals surface area (Å²) in [7, 11) is 0. The Morgan fingerprint density at radius 2 is 1.85 bits per heavy atom. The van der Waals surface area contributed by atoms with Crippen molar-refractivity contribution in [1.82, 2.24) is 0 Å². The molecule has 72 valence electrons.